The van der Waals surface area contributed by atoms with Gasteiger partial charge in [0.2, 0.25) is 0 Å². The lowest BCUT2D eigenvalue weighted by molar-refractivity contribution is 0.00999. The molecule has 1 aliphatic rings. The third kappa shape index (κ3) is 5.65. The summed E-state index contributed by atoms with van der Waals surface area (Å²) in [7, 11) is 0. The van der Waals surface area contributed by atoms with Gasteiger partial charge in [-0.15, -0.1) is 12.4 Å². The summed E-state index contributed by atoms with van der Waals surface area (Å²) in [6, 6.07) is 21.1. The molecule has 1 aliphatic heterocycles. The van der Waals surface area contributed by atoms with E-state index in [9.17, 15) is 0 Å². The number of benzene rings is 2. The molecule has 0 N–H and O–H groups in total. The summed E-state index contributed by atoms with van der Waals surface area (Å²) >= 11 is 0. The van der Waals surface area contributed by atoms with E-state index in [2.05, 4.69) is 59.5 Å². The molecule has 1 atom stereocenters. The molecule has 0 saturated carbocycles. The van der Waals surface area contributed by atoms with Gasteiger partial charge in [-0.25, -0.2) is 0 Å². The van der Waals surface area contributed by atoms with Crippen LogP contribution in [0.5, 0.6) is 0 Å². The highest BCUT2D eigenvalue weighted by molar-refractivity contribution is 5.85. The Balaban J connectivity index is 0.00000192. The topological polar surface area (TPSA) is 12.5 Å². The zero-order chi connectivity index (χ0) is 15.0. The third-order valence-corrected chi connectivity index (χ3v) is 4.34. The molecular formula is C20H26ClNO. The quantitative estimate of drug-likeness (QED) is 0.750. The zero-order valence-corrected chi connectivity index (χ0v) is 14.4. The van der Waals surface area contributed by atoms with Gasteiger partial charge in [0.25, 0.3) is 0 Å². The second kappa shape index (κ2) is 9.71. The minimum atomic E-state index is 0. The predicted octanol–water partition coefficient (Wildman–Crippen LogP) is 4.85. The van der Waals surface area contributed by atoms with Crippen LogP contribution in [0, 0.1) is 0 Å². The molecule has 1 saturated heterocycles. The predicted molar refractivity (Wildman–Crippen MR) is 98.0 cm³/mol. The summed E-state index contributed by atoms with van der Waals surface area (Å²) in [5.41, 5.74) is 2.52. The van der Waals surface area contributed by atoms with Gasteiger partial charge in [0, 0.05) is 6.54 Å². The molecule has 2 nitrogen and oxygen atoms in total. The molecule has 0 bridgehead atoms. The molecule has 3 heteroatoms. The largest absolute Gasteiger partial charge is 0.368 e. The lowest BCUT2D eigenvalue weighted by Gasteiger charge is -2.30. The number of ether oxygens (including phenoxy) is 1. The van der Waals surface area contributed by atoms with Crippen molar-refractivity contribution in [3.8, 4) is 0 Å². The van der Waals surface area contributed by atoms with E-state index in [1.54, 1.807) is 0 Å². The highest BCUT2D eigenvalue weighted by atomic mass is 35.5. The summed E-state index contributed by atoms with van der Waals surface area (Å²) in [5.74, 6) is 0. The molecule has 23 heavy (non-hydrogen) atoms. The average molecular weight is 332 g/mol. The number of nitrogens with zero attached hydrogens (tertiary/aromatic N) is 1. The molecule has 2 aromatic rings. The van der Waals surface area contributed by atoms with Gasteiger partial charge in [0.1, 0.15) is 0 Å². The number of hydrogen-bond acceptors (Lipinski definition) is 2. The van der Waals surface area contributed by atoms with E-state index in [1.807, 2.05) is 6.07 Å². The lowest BCUT2D eigenvalue weighted by atomic mass is 10.1. The SMILES string of the molecule is Cl.c1ccc(COC(CN2CCCCC2)c2ccccc2)cc1. The van der Waals surface area contributed by atoms with Gasteiger partial charge in [0.05, 0.1) is 12.7 Å². The minimum Gasteiger partial charge on any atom is -0.368 e. The van der Waals surface area contributed by atoms with Crippen LogP contribution in [0.25, 0.3) is 0 Å². The van der Waals surface area contributed by atoms with E-state index in [-0.39, 0.29) is 18.5 Å². The van der Waals surface area contributed by atoms with Crippen LogP contribution in [0.1, 0.15) is 36.5 Å². The van der Waals surface area contributed by atoms with E-state index in [1.165, 1.54) is 43.5 Å². The summed E-state index contributed by atoms with van der Waals surface area (Å²) < 4.78 is 6.28. The number of hydrogen-bond donors (Lipinski definition) is 0. The van der Waals surface area contributed by atoms with Crippen LogP contribution in [0.3, 0.4) is 0 Å². The van der Waals surface area contributed by atoms with Crippen molar-refractivity contribution in [2.24, 2.45) is 0 Å². The van der Waals surface area contributed by atoms with E-state index >= 15 is 0 Å². The van der Waals surface area contributed by atoms with Crippen LogP contribution in [-0.2, 0) is 11.3 Å². The van der Waals surface area contributed by atoms with Crippen LogP contribution in [0.4, 0.5) is 0 Å². The van der Waals surface area contributed by atoms with E-state index < -0.39 is 0 Å². The molecule has 0 spiro atoms. The van der Waals surface area contributed by atoms with Crippen molar-refractivity contribution < 1.29 is 4.74 Å². The standard InChI is InChI=1S/C20H25NO.ClH/c1-4-10-18(11-5-1)17-22-20(19-12-6-2-7-13-19)16-21-14-8-3-9-15-21;/h1-2,4-7,10-13,20H,3,8-9,14-17H2;1H. The number of likely N-dealkylation sites (tertiary alicyclic amines) is 1. The van der Waals surface area contributed by atoms with Crippen LogP contribution < -0.4 is 0 Å². The zero-order valence-electron chi connectivity index (χ0n) is 13.6. The van der Waals surface area contributed by atoms with Gasteiger partial charge < -0.3 is 9.64 Å². The number of halogens is 1. The third-order valence-electron chi connectivity index (χ3n) is 4.34. The van der Waals surface area contributed by atoms with Crippen LogP contribution in [0.15, 0.2) is 60.7 Å². The first-order valence-corrected chi connectivity index (χ1v) is 8.34. The van der Waals surface area contributed by atoms with Crippen LogP contribution in [0.2, 0.25) is 0 Å². The van der Waals surface area contributed by atoms with E-state index in [0.29, 0.717) is 6.61 Å². The van der Waals surface area contributed by atoms with Gasteiger partial charge in [-0.2, -0.15) is 0 Å². The molecule has 1 heterocycles. The second-order valence-electron chi connectivity index (χ2n) is 6.06. The van der Waals surface area contributed by atoms with Gasteiger partial charge in [-0.3, -0.25) is 0 Å². The Kier molecular flexibility index (Phi) is 7.60. The Bertz CT molecular complexity index is 540. The summed E-state index contributed by atoms with van der Waals surface area (Å²) in [5, 5.41) is 0. The number of rotatable bonds is 6. The van der Waals surface area contributed by atoms with Gasteiger partial charge in [-0.1, -0.05) is 67.1 Å². The van der Waals surface area contributed by atoms with E-state index in [0.717, 1.165) is 6.54 Å². The first kappa shape index (κ1) is 18.0. The van der Waals surface area contributed by atoms with Crippen molar-refractivity contribution in [3.63, 3.8) is 0 Å². The van der Waals surface area contributed by atoms with Crippen molar-refractivity contribution in [2.45, 2.75) is 32.0 Å². The molecule has 0 aromatic heterocycles. The highest BCUT2D eigenvalue weighted by Gasteiger charge is 2.18. The average Bonchev–Trinajstić information content (AvgIpc) is 2.61. The Labute approximate surface area is 145 Å². The summed E-state index contributed by atoms with van der Waals surface area (Å²) in [6.07, 6.45) is 4.16. The number of piperidine rings is 1. The molecule has 1 unspecified atom stereocenters. The normalized spacial score (nSPS) is 16.5. The smallest absolute Gasteiger partial charge is 0.0956 e. The van der Waals surface area contributed by atoms with Gasteiger partial charge in [-0.05, 0) is 37.1 Å². The molecular weight excluding hydrogens is 306 g/mol. The monoisotopic (exact) mass is 331 g/mol. The Morgan fingerprint density at radius 3 is 2.09 bits per heavy atom. The lowest BCUT2D eigenvalue weighted by Crippen LogP contribution is -2.34. The Morgan fingerprint density at radius 1 is 0.826 bits per heavy atom. The van der Waals surface area contributed by atoms with E-state index in [4.69, 9.17) is 4.74 Å². The molecule has 0 aliphatic carbocycles. The highest BCUT2D eigenvalue weighted by Crippen LogP contribution is 2.22. The summed E-state index contributed by atoms with van der Waals surface area (Å²) in [4.78, 5) is 2.55. The Morgan fingerprint density at radius 2 is 1.43 bits per heavy atom. The van der Waals surface area contributed by atoms with Crippen LogP contribution >= 0.6 is 12.4 Å². The summed E-state index contributed by atoms with van der Waals surface area (Å²) in [6.45, 7) is 4.08. The molecule has 0 amide bonds. The molecule has 0 radical (unpaired) electrons. The van der Waals surface area contributed by atoms with Crippen molar-refractivity contribution >= 4 is 12.4 Å². The molecule has 3 rings (SSSR count). The fourth-order valence-electron chi connectivity index (χ4n) is 3.07. The van der Waals surface area contributed by atoms with Crippen molar-refractivity contribution in [2.75, 3.05) is 19.6 Å². The second-order valence-corrected chi connectivity index (χ2v) is 6.06. The van der Waals surface area contributed by atoms with Crippen molar-refractivity contribution in [3.05, 3.63) is 71.8 Å². The van der Waals surface area contributed by atoms with Crippen molar-refractivity contribution in [1.82, 2.24) is 4.90 Å². The fourth-order valence-corrected chi connectivity index (χ4v) is 3.07. The van der Waals surface area contributed by atoms with Crippen molar-refractivity contribution in [1.29, 1.82) is 0 Å². The van der Waals surface area contributed by atoms with Crippen LogP contribution in [-0.4, -0.2) is 24.5 Å². The maximum atomic E-state index is 6.28. The minimum absolute atomic E-state index is 0. The molecule has 2 aromatic carbocycles. The molecule has 124 valence electrons. The maximum absolute atomic E-state index is 6.28. The molecule has 1 fully saturated rings. The first-order valence-electron chi connectivity index (χ1n) is 8.34. The van der Waals surface area contributed by atoms with Gasteiger partial charge in [0.15, 0.2) is 0 Å². The Hall–Kier alpha value is -1.35. The van der Waals surface area contributed by atoms with Gasteiger partial charge >= 0.3 is 0 Å². The first-order chi connectivity index (χ1) is 10.9. The maximum Gasteiger partial charge on any atom is 0.0956 e. The fraction of sp³-hybridized carbons (Fsp3) is 0.400.